The number of nitrogens with zero attached hydrogens (tertiary/aromatic N) is 1. The number of rotatable bonds is 4. The minimum Gasteiger partial charge on any atom is -0.478 e. The van der Waals surface area contributed by atoms with Gasteiger partial charge in [-0.25, -0.2) is 4.79 Å². The van der Waals surface area contributed by atoms with Gasteiger partial charge in [0.2, 0.25) is 0 Å². The van der Waals surface area contributed by atoms with Crippen LogP contribution in [-0.2, 0) is 0 Å². The van der Waals surface area contributed by atoms with Gasteiger partial charge in [-0.3, -0.25) is 10.1 Å². The van der Waals surface area contributed by atoms with Crippen molar-refractivity contribution in [1.82, 2.24) is 0 Å². The van der Waals surface area contributed by atoms with E-state index in [4.69, 9.17) is 5.11 Å². The fourth-order valence-electron chi connectivity index (χ4n) is 1.50. The Hall–Kier alpha value is -2.34. The summed E-state index contributed by atoms with van der Waals surface area (Å²) in [7, 11) is 0. The van der Waals surface area contributed by atoms with Gasteiger partial charge in [0.05, 0.1) is 10.5 Å². The Morgan fingerprint density at radius 1 is 1.11 bits per heavy atom. The number of carbonyl (C=O) groups is 1. The lowest BCUT2D eigenvalue weighted by molar-refractivity contribution is -0.385. The third kappa shape index (κ3) is 3.32. The van der Waals surface area contributed by atoms with E-state index in [1.807, 2.05) is 30.3 Å². The maximum atomic E-state index is 10.9. The summed E-state index contributed by atoms with van der Waals surface area (Å²) in [6.07, 6.45) is 0. The molecule has 0 aliphatic heterocycles. The summed E-state index contributed by atoms with van der Waals surface area (Å²) in [5.41, 5.74) is -0.314. The molecule has 0 amide bonds. The first-order valence-electron chi connectivity index (χ1n) is 5.32. The maximum absolute atomic E-state index is 10.9. The molecule has 5 nitrogen and oxygen atoms in total. The SMILES string of the molecule is O=C(O)c1cc(Sc2ccccc2)cc([N+](=O)[O-])c1. The van der Waals surface area contributed by atoms with E-state index in [0.717, 1.165) is 11.0 Å². The molecule has 0 fully saturated rings. The van der Waals surface area contributed by atoms with Gasteiger partial charge in [0, 0.05) is 21.9 Å². The Bertz CT molecular complexity index is 596. The zero-order chi connectivity index (χ0) is 13.8. The molecule has 0 aromatic heterocycles. The zero-order valence-electron chi connectivity index (χ0n) is 9.65. The first-order chi connectivity index (χ1) is 9.06. The van der Waals surface area contributed by atoms with E-state index in [2.05, 4.69) is 0 Å². The highest BCUT2D eigenvalue weighted by Crippen LogP contribution is 2.31. The summed E-state index contributed by atoms with van der Waals surface area (Å²) in [5.74, 6) is -1.18. The second kappa shape index (κ2) is 5.53. The van der Waals surface area contributed by atoms with Crippen LogP contribution in [-0.4, -0.2) is 16.0 Å². The third-order valence-electron chi connectivity index (χ3n) is 2.33. The van der Waals surface area contributed by atoms with Crippen molar-refractivity contribution in [2.75, 3.05) is 0 Å². The number of carboxylic acids is 1. The molecule has 6 heteroatoms. The molecular weight excluding hydrogens is 266 g/mol. The van der Waals surface area contributed by atoms with Crippen LogP contribution in [0.4, 0.5) is 5.69 Å². The summed E-state index contributed by atoms with van der Waals surface area (Å²) in [6, 6.07) is 13.1. The van der Waals surface area contributed by atoms with E-state index >= 15 is 0 Å². The van der Waals surface area contributed by atoms with Gasteiger partial charge in [0.15, 0.2) is 0 Å². The van der Waals surface area contributed by atoms with Gasteiger partial charge < -0.3 is 5.11 Å². The van der Waals surface area contributed by atoms with Gasteiger partial charge in [0.25, 0.3) is 5.69 Å². The Balaban J connectivity index is 2.39. The molecular formula is C13H9NO4S. The Morgan fingerprint density at radius 2 is 1.79 bits per heavy atom. The molecule has 2 aromatic rings. The number of nitro benzene ring substituents is 1. The molecule has 1 N–H and O–H groups in total. The van der Waals surface area contributed by atoms with Crippen LogP contribution in [0, 0.1) is 10.1 Å². The molecule has 0 saturated heterocycles. The largest absolute Gasteiger partial charge is 0.478 e. The second-order valence-electron chi connectivity index (χ2n) is 3.69. The maximum Gasteiger partial charge on any atom is 0.335 e. The topological polar surface area (TPSA) is 80.4 Å². The summed E-state index contributed by atoms with van der Waals surface area (Å²) >= 11 is 1.28. The normalized spacial score (nSPS) is 10.1. The zero-order valence-corrected chi connectivity index (χ0v) is 10.5. The molecule has 0 radical (unpaired) electrons. The number of non-ortho nitro benzene ring substituents is 1. The number of carboxylic acid groups (broad SMARTS) is 1. The predicted molar refractivity (Wildman–Crippen MR) is 70.6 cm³/mol. The number of benzene rings is 2. The lowest BCUT2D eigenvalue weighted by Gasteiger charge is -2.03. The number of nitro groups is 1. The van der Waals surface area contributed by atoms with Crippen LogP contribution in [0.2, 0.25) is 0 Å². The molecule has 96 valence electrons. The minimum absolute atomic E-state index is 0.0902. The highest BCUT2D eigenvalue weighted by molar-refractivity contribution is 7.99. The van der Waals surface area contributed by atoms with Crippen molar-refractivity contribution >= 4 is 23.4 Å². The van der Waals surface area contributed by atoms with Crippen LogP contribution >= 0.6 is 11.8 Å². The standard InChI is InChI=1S/C13H9NO4S/c15-13(16)9-6-10(14(17)18)8-12(7-9)19-11-4-2-1-3-5-11/h1-8H,(H,15,16). The van der Waals surface area contributed by atoms with Gasteiger partial charge in [0.1, 0.15) is 0 Å². The molecule has 0 heterocycles. The first kappa shape index (κ1) is 13.1. The molecule has 2 aromatic carbocycles. The third-order valence-corrected chi connectivity index (χ3v) is 3.31. The molecule has 2 rings (SSSR count). The quantitative estimate of drug-likeness (QED) is 0.682. The Kier molecular flexibility index (Phi) is 3.82. The van der Waals surface area contributed by atoms with Crippen molar-refractivity contribution in [3.8, 4) is 0 Å². The average molecular weight is 275 g/mol. The molecule has 0 spiro atoms. The van der Waals surface area contributed by atoms with Crippen LogP contribution in [0.15, 0.2) is 58.3 Å². The van der Waals surface area contributed by atoms with Gasteiger partial charge in [-0.1, -0.05) is 30.0 Å². The van der Waals surface area contributed by atoms with Crippen LogP contribution in [0.25, 0.3) is 0 Å². The van der Waals surface area contributed by atoms with Crippen LogP contribution in [0.5, 0.6) is 0 Å². The molecule has 0 unspecified atom stereocenters. The van der Waals surface area contributed by atoms with E-state index in [1.165, 1.54) is 23.9 Å². The smallest absolute Gasteiger partial charge is 0.335 e. The van der Waals surface area contributed by atoms with Gasteiger partial charge in [-0.2, -0.15) is 0 Å². The van der Waals surface area contributed by atoms with E-state index in [-0.39, 0.29) is 11.3 Å². The van der Waals surface area contributed by atoms with E-state index in [0.29, 0.717) is 4.90 Å². The summed E-state index contributed by atoms with van der Waals surface area (Å²) in [5, 5.41) is 19.7. The van der Waals surface area contributed by atoms with Crippen LogP contribution < -0.4 is 0 Å². The first-order valence-corrected chi connectivity index (χ1v) is 6.13. The number of hydrogen-bond acceptors (Lipinski definition) is 4. The summed E-state index contributed by atoms with van der Waals surface area (Å²) in [6.45, 7) is 0. The summed E-state index contributed by atoms with van der Waals surface area (Å²) < 4.78 is 0. The lowest BCUT2D eigenvalue weighted by atomic mass is 10.2. The van der Waals surface area contributed by atoms with Gasteiger partial charge >= 0.3 is 5.97 Å². The van der Waals surface area contributed by atoms with Crippen molar-refractivity contribution in [2.24, 2.45) is 0 Å². The Morgan fingerprint density at radius 3 is 2.37 bits per heavy atom. The van der Waals surface area contributed by atoms with E-state index < -0.39 is 10.9 Å². The summed E-state index contributed by atoms with van der Waals surface area (Å²) in [4.78, 5) is 22.6. The van der Waals surface area contributed by atoms with Crippen molar-refractivity contribution in [1.29, 1.82) is 0 Å². The van der Waals surface area contributed by atoms with Crippen molar-refractivity contribution in [3.63, 3.8) is 0 Å². The van der Waals surface area contributed by atoms with Crippen molar-refractivity contribution in [2.45, 2.75) is 9.79 Å². The van der Waals surface area contributed by atoms with Crippen molar-refractivity contribution < 1.29 is 14.8 Å². The van der Waals surface area contributed by atoms with Gasteiger partial charge in [-0.15, -0.1) is 0 Å². The highest BCUT2D eigenvalue weighted by Gasteiger charge is 2.14. The lowest BCUT2D eigenvalue weighted by Crippen LogP contribution is -1.98. The monoisotopic (exact) mass is 275 g/mol. The highest BCUT2D eigenvalue weighted by atomic mass is 32.2. The Labute approximate surface area is 113 Å². The van der Waals surface area contributed by atoms with Crippen molar-refractivity contribution in [3.05, 3.63) is 64.2 Å². The second-order valence-corrected chi connectivity index (χ2v) is 4.84. The van der Waals surface area contributed by atoms with E-state index in [9.17, 15) is 14.9 Å². The van der Waals surface area contributed by atoms with E-state index in [1.54, 1.807) is 0 Å². The molecule has 0 atom stereocenters. The molecule has 0 bridgehead atoms. The van der Waals surface area contributed by atoms with Crippen LogP contribution in [0.3, 0.4) is 0 Å². The molecule has 19 heavy (non-hydrogen) atoms. The average Bonchev–Trinajstić information content (AvgIpc) is 2.39. The van der Waals surface area contributed by atoms with Gasteiger partial charge in [-0.05, 0) is 18.2 Å². The number of hydrogen-bond donors (Lipinski definition) is 1. The molecule has 0 aliphatic rings. The number of aromatic carboxylic acids is 1. The predicted octanol–water partition coefficient (Wildman–Crippen LogP) is 3.44. The fourth-order valence-corrected chi connectivity index (χ4v) is 2.43. The molecule has 0 saturated carbocycles. The minimum atomic E-state index is -1.18. The molecule has 0 aliphatic carbocycles. The fraction of sp³-hybridized carbons (Fsp3) is 0. The van der Waals surface area contributed by atoms with Crippen LogP contribution in [0.1, 0.15) is 10.4 Å².